The normalized spacial score (nSPS) is 22.5. The third-order valence-electron chi connectivity index (χ3n) is 3.78. The molecule has 0 spiro atoms. The molecule has 1 fully saturated rings. The van der Waals surface area contributed by atoms with Gasteiger partial charge in [0.05, 0.1) is 11.7 Å². The fraction of sp³-hybridized carbons (Fsp3) is 0.333. The van der Waals surface area contributed by atoms with Crippen LogP contribution in [-0.2, 0) is 0 Å². The average molecular weight is 296 g/mol. The van der Waals surface area contributed by atoms with E-state index in [9.17, 15) is 0 Å². The van der Waals surface area contributed by atoms with Gasteiger partial charge in [-0.1, -0.05) is 37.1 Å². The molecule has 1 aliphatic rings. The number of pyridine rings is 1. The molecular formula is C18H20N2S. The maximum absolute atomic E-state index is 4.82. The molecule has 3 heteroatoms. The number of aliphatic imine (C=N–C) groups is 1. The summed E-state index contributed by atoms with van der Waals surface area (Å²) in [5.41, 5.74) is 0.950. The Bertz CT molecular complexity index is 568. The fourth-order valence-electron chi connectivity index (χ4n) is 2.68. The van der Waals surface area contributed by atoms with Crippen molar-refractivity contribution in [2.75, 3.05) is 0 Å². The monoisotopic (exact) mass is 296 g/mol. The van der Waals surface area contributed by atoms with Crippen molar-refractivity contribution < 1.29 is 0 Å². The van der Waals surface area contributed by atoms with Gasteiger partial charge in [0.1, 0.15) is 0 Å². The second-order valence-electron chi connectivity index (χ2n) is 5.35. The number of hydrogen-bond donors (Lipinski definition) is 0. The molecule has 2 nitrogen and oxygen atoms in total. The number of aromatic nitrogens is 1. The first-order valence-corrected chi connectivity index (χ1v) is 8.46. The van der Waals surface area contributed by atoms with Gasteiger partial charge in [0.25, 0.3) is 0 Å². The van der Waals surface area contributed by atoms with Crippen LogP contribution in [0.1, 0.15) is 31.4 Å². The van der Waals surface area contributed by atoms with Gasteiger partial charge >= 0.3 is 0 Å². The summed E-state index contributed by atoms with van der Waals surface area (Å²) in [6.07, 6.45) is 8.81. The molecule has 108 valence electrons. The van der Waals surface area contributed by atoms with E-state index in [2.05, 4.69) is 35.3 Å². The highest BCUT2D eigenvalue weighted by Gasteiger charge is 2.25. The minimum Gasteiger partial charge on any atom is -0.286 e. The Balaban J connectivity index is 1.68. The van der Waals surface area contributed by atoms with E-state index in [0.29, 0.717) is 11.3 Å². The predicted octanol–water partition coefficient (Wildman–Crippen LogP) is 4.60. The second kappa shape index (κ2) is 7.41. The van der Waals surface area contributed by atoms with Crippen molar-refractivity contribution in [3.63, 3.8) is 0 Å². The van der Waals surface area contributed by atoms with Crippen LogP contribution in [-0.4, -0.2) is 22.5 Å². The molecule has 0 aliphatic heterocycles. The highest BCUT2D eigenvalue weighted by molar-refractivity contribution is 8.00. The molecule has 1 saturated carbocycles. The smallest absolute Gasteiger partial charge is 0.0807 e. The average Bonchev–Trinajstić information content (AvgIpc) is 2.56. The number of hydrogen-bond acceptors (Lipinski definition) is 3. The molecule has 1 heterocycles. The van der Waals surface area contributed by atoms with Gasteiger partial charge in [-0.15, -0.1) is 11.8 Å². The van der Waals surface area contributed by atoms with Gasteiger partial charge in [-0.3, -0.25) is 9.98 Å². The summed E-state index contributed by atoms with van der Waals surface area (Å²) >= 11 is 1.97. The summed E-state index contributed by atoms with van der Waals surface area (Å²) in [5.74, 6) is 0. The van der Waals surface area contributed by atoms with E-state index >= 15 is 0 Å². The highest BCUT2D eigenvalue weighted by atomic mass is 32.2. The van der Waals surface area contributed by atoms with E-state index < -0.39 is 0 Å². The maximum atomic E-state index is 4.82. The molecule has 0 amide bonds. The second-order valence-corrected chi connectivity index (χ2v) is 6.67. The quantitative estimate of drug-likeness (QED) is 0.770. The van der Waals surface area contributed by atoms with E-state index in [1.54, 1.807) is 0 Å². The minimum absolute atomic E-state index is 0.408. The number of thioether (sulfide) groups is 1. The molecule has 3 rings (SSSR count). The molecular weight excluding hydrogens is 276 g/mol. The van der Waals surface area contributed by atoms with Crippen molar-refractivity contribution >= 4 is 18.0 Å². The zero-order chi connectivity index (χ0) is 14.3. The lowest BCUT2D eigenvalue weighted by Crippen LogP contribution is -2.25. The maximum Gasteiger partial charge on any atom is 0.0807 e. The third kappa shape index (κ3) is 4.18. The Hall–Kier alpha value is -1.61. The zero-order valence-corrected chi connectivity index (χ0v) is 12.9. The number of rotatable bonds is 4. The summed E-state index contributed by atoms with van der Waals surface area (Å²) in [6, 6.07) is 17.0. The van der Waals surface area contributed by atoms with Gasteiger partial charge in [-0.05, 0) is 37.1 Å². The van der Waals surface area contributed by atoms with Gasteiger partial charge in [-0.25, -0.2) is 0 Å². The van der Waals surface area contributed by atoms with Crippen molar-refractivity contribution in [2.24, 2.45) is 4.99 Å². The molecule has 2 atom stereocenters. The Labute approximate surface area is 130 Å². The highest BCUT2D eigenvalue weighted by Crippen LogP contribution is 2.35. The Morgan fingerprint density at radius 2 is 1.81 bits per heavy atom. The number of benzene rings is 1. The summed E-state index contributed by atoms with van der Waals surface area (Å²) in [4.78, 5) is 10.5. The van der Waals surface area contributed by atoms with Crippen molar-refractivity contribution in [1.29, 1.82) is 0 Å². The van der Waals surface area contributed by atoms with Crippen LogP contribution in [0.2, 0.25) is 0 Å². The van der Waals surface area contributed by atoms with Crippen molar-refractivity contribution in [3.05, 3.63) is 60.4 Å². The molecule has 0 N–H and O–H groups in total. The molecule has 1 aromatic carbocycles. The van der Waals surface area contributed by atoms with Gasteiger partial charge in [-0.2, -0.15) is 0 Å². The summed E-state index contributed by atoms with van der Waals surface area (Å²) < 4.78 is 0. The van der Waals surface area contributed by atoms with Crippen LogP contribution < -0.4 is 0 Å². The predicted molar refractivity (Wildman–Crippen MR) is 90.2 cm³/mol. The Kier molecular flexibility index (Phi) is 5.06. The van der Waals surface area contributed by atoms with Crippen LogP contribution >= 0.6 is 11.8 Å². The standard InChI is InChI=1S/C18H20N2S/c1-2-9-16(10-3-1)21-18-12-5-4-11-17(18)20-14-15-8-6-7-13-19-15/h1-3,6-10,13-14,17-18H,4-5,11-12H2. The first-order valence-electron chi connectivity index (χ1n) is 7.58. The van der Waals surface area contributed by atoms with E-state index in [0.717, 1.165) is 5.69 Å². The Morgan fingerprint density at radius 3 is 2.62 bits per heavy atom. The van der Waals surface area contributed by atoms with Gasteiger partial charge in [0, 0.05) is 22.6 Å². The van der Waals surface area contributed by atoms with Crippen molar-refractivity contribution in [1.82, 2.24) is 4.98 Å². The van der Waals surface area contributed by atoms with Crippen LogP contribution in [0.4, 0.5) is 0 Å². The lowest BCUT2D eigenvalue weighted by Gasteiger charge is -2.28. The van der Waals surface area contributed by atoms with Gasteiger partial charge in [0.2, 0.25) is 0 Å². The molecule has 1 aromatic heterocycles. The van der Waals surface area contributed by atoms with Gasteiger partial charge in [0.15, 0.2) is 0 Å². The minimum atomic E-state index is 0.408. The van der Waals surface area contributed by atoms with E-state index in [1.165, 1.54) is 30.6 Å². The third-order valence-corrected chi connectivity index (χ3v) is 5.18. The SMILES string of the molecule is C(=NC1CCCCC1Sc1ccccc1)c1ccccn1. The molecule has 0 bridgehead atoms. The largest absolute Gasteiger partial charge is 0.286 e. The fourth-order valence-corrected chi connectivity index (χ4v) is 4.00. The van der Waals surface area contributed by atoms with Crippen molar-refractivity contribution in [2.45, 2.75) is 41.9 Å². The van der Waals surface area contributed by atoms with E-state index in [-0.39, 0.29) is 0 Å². The number of nitrogens with zero attached hydrogens (tertiary/aromatic N) is 2. The molecule has 21 heavy (non-hydrogen) atoms. The lowest BCUT2D eigenvalue weighted by molar-refractivity contribution is 0.456. The Morgan fingerprint density at radius 1 is 1.00 bits per heavy atom. The molecule has 1 aliphatic carbocycles. The molecule has 0 radical (unpaired) electrons. The van der Waals surface area contributed by atoms with E-state index in [4.69, 9.17) is 4.99 Å². The topological polar surface area (TPSA) is 25.2 Å². The first-order chi connectivity index (χ1) is 10.4. The molecule has 2 unspecified atom stereocenters. The summed E-state index contributed by atoms with van der Waals surface area (Å²) in [5, 5.41) is 0.584. The van der Waals surface area contributed by atoms with Crippen LogP contribution in [0, 0.1) is 0 Å². The van der Waals surface area contributed by atoms with Crippen LogP contribution in [0.5, 0.6) is 0 Å². The van der Waals surface area contributed by atoms with E-state index in [1.807, 2.05) is 42.4 Å². The molecule has 0 saturated heterocycles. The van der Waals surface area contributed by atoms with Crippen molar-refractivity contribution in [3.8, 4) is 0 Å². The van der Waals surface area contributed by atoms with Crippen LogP contribution in [0.15, 0.2) is 64.6 Å². The lowest BCUT2D eigenvalue weighted by atomic mass is 9.95. The van der Waals surface area contributed by atoms with Crippen LogP contribution in [0.3, 0.4) is 0 Å². The van der Waals surface area contributed by atoms with Gasteiger partial charge < -0.3 is 0 Å². The summed E-state index contributed by atoms with van der Waals surface area (Å²) in [7, 11) is 0. The zero-order valence-electron chi connectivity index (χ0n) is 12.1. The first kappa shape index (κ1) is 14.3. The van der Waals surface area contributed by atoms with Crippen LogP contribution in [0.25, 0.3) is 0 Å². The summed E-state index contributed by atoms with van der Waals surface area (Å²) in [6.45, 7) is 0. The molecule has 2 aromatic rings.